The van der Waals surface area contributed by atoms with Gasteiger partial charge in [-0.2, -0.15) is 10.2 Å². The molecule has 4 rings (SSSR count). The number of aromatic amines is 1. The minimum absolute atomic E-state index is 0.170. The van der Waals surface area contributed by atoms with Gasteiger partial charge in [0.25, 0.3) is 12.3 Å². The summed E-state index contributed by atoms with van der Waals surface area (Å²) < 4.78 is 38.0. The molecule has 2 N–H and O–H groups in total. The van der Waals surface area contributed by atoms with E-state index in [0.29, 0.717) is 35.6 Å². The SMILES string of the molecule is C[C@H](C(F)F)n1cc(Nc2ncc3cc(C#N)[nH]c3n2)c(OC2COC2)n1. The summed E-state index contributed by atoms with van der Waals surface area (Å²) in [4.78, 5) is 11.3. The number of H-pyrrole nitrogens is 1. The van der Waals surface area contributed by atoms with Crippen molar-refractivity contribution >= 4 is 22.7 Å². The van der Waals surface area contributed by atoms with E-state index in [2.05, 4.69) is 25.4 Å². The number of nitrogens with one attached hydrogen (secondary N) is 2. The van der Waals surface area contributed by atoms with Gasteiger partial charge in [0, 0.05) is 11.6 Å². The molecule has 4 heterocycles. The van der Waals surface area contributed by atoms with Crippen molar-refractivity contribution in [1.29, 1.82) is 5.26 Å². The molecule has 1 aliphatic rings. The van der Waals surface area contributed by atoms with Crippen LogP contribution in [-0.4, -0.2) is 50.5 Å². The molecule has 0 aliphatic carbocycles. The molecule has 27 heavy (non-hydrogen) atoms. The van der Waals surface area contributed by atoms with Crippen molar-refractivity contribution in [3.8, 4) is 11.9 Å². The predicted octanol–water partition coefficient (Wildman–Crippen LogP) is 2.37. The number of hydrogen-bond donors (Lipinski definition) is 2. The third-order valence-corrected chi connectivity index (χ3v) is 4.10. The summed E-state index contributed by atoms with van der Waals surface area (Å²) in [5.74, 6) is 0.386. The second-order valence-electron chi connectivity index (χ2n) is 6.10. The molecule has 0 spiro atoms. The normalized spacial score (nSPS) is 15.5. The Morgan fingerprint density at radius 3 is 2.96 bits per heavy atom. The zero-order valence-electron chi connectivity index (χ0n) is 14.2. The Labute approximate surface area is 151 Å². The fraction of sp³-hybridized carbons (Fsp3) is 0.375. The number of halogens is 2. The summed E-state index contributed by atoms with van der Waals surface area (Å²) in [5, 5.41) is 16.7. The Bertz CT molecular complexity index is 1010. The largest absolute Gasteiger partial charge is 0.467 e. The lowest BCUT2D eigenvalue weighted by Gasteiger charge is -2.25. The molecule has 9 nitrogen and oxygen atoms in total. The van der Waals surface area contributed by atoms with Crippen LogP contribution in [0, 0.1) is 11.3 Å². The first-order valence-corrected chi connectivity index (χ1v) is 8.18. The maximum absolute atomic E-state index is 13.0. The van der Waals surface area contributed by atoms with E-state index in [9.17, 15) is 8.78 Å². The van der Waals surface area contributed by atoms with E-state index in [0.717, 1.165) is 4.68 Å². The number of hydrogen-bond acceptors (Lipinski definition) is 7. The summed E-state index contributed by atoms with van der Waals surface area (Å²) in [6.45, 7) is 2.19. The van der Waals surface area contributed by atoms with Gasteiger partial charge in [0.15, 0.2) is 0 Å². The number of nitrogens with zero attached hydrogens (tertiary/aromatic N) is 5. The first-order chi connectivity index (χ1) is 13.0. The highest BCUT2D eigenvalue weighted by molar-refractivity contribution is 5.78. The van der Waals surface area contributed by atoms with E-state index >= 15 is 0 Å². The Morgan fingerprint density at radius 1 is 1.48 bits per heavy atom. The minimum Gasteiger partial charge on any atom is -0.467 e. The van der Waals surface area contributed by atoms with Crippen LogP contribution >= 0.6 is 0 Å². The maximum Gasteiger partial charge on any atom is 0.260 e. The fourth-order valence-electron chi connectivity index (χ4n) is 2.47. The van der Waals surface area contributed by atoms with Gasteiger partial charge >= 0.3 is 0 Å². The van der Waals surface area contributed by atoms with Gasteiger partial charge in [-0.25, -0.2) is 13.8 Å². The van der Waals surface area contributed by atoms with Crippen LogP contribution in [0.3, 0.4) is 0 Å². The summed E-state index contributed by atoms with van der Waals surface area (Å²) in [6.07, 6.45) is 0.220. The summed E-state index contributed by atoms with van der Waals surface area (Å²) in [7, 11) is 0. The van der Waals surface area contributed by atoms with Gasteiger partial charge in [0.2, 0.25) is 5.95 Å². The van der Waals surface area contributed by atoms with Crippen LogP contribution in [-0.2, 0) is 4.74 Å². The van der Waals surface area contributed by atoms with E-state index in [1.54, 1.807) is 12.3 Å². The molecular weight excluding hydrogens is 360 g/mol. The van der Waals surface area contributed by atoms with Crippen LogP contribution < -0.4 is 10.1 Å². The molecule has 1 aliphatic heterocycles. The Kier molecular flexibility index (Phi) is 4.33. The molecule has 0 bridgehead atoms. The molecule has 1 atom stereocenters. The van der Waals surface area contributed by atoms with Crippen LogP contribution in [0.15, 0.2) is 18.5 Å². The standard InChI is InChI=1S/C16H15F2N7O2/c1-8(13(17)18)25-5-12(15(24-25)27-11-6-26-7-11)22-16-20-4-9-2-10(3-19)21-14(9)23-16/h2,4-5,8,11,13H,6-7H2,1H3,(H2,20,21,22,23)/t8-/m1/s1. The molecule has 140 valence electrons. The lowest BCUT2D eigenvalue weighted by Crippen LogP contribution is -2.38. The van der Waals surface area contributed by atoms with Crippen LogP contribution in [0.25, 0.3) is 11.0 Å². The van der Waals surface area contributed by atoms with Crippen LogP contribution in [0.5, 0.6) is 5.88 Å². The monoisotopic (exact) mass is 375 g/mol. The molecule has 1 fully saturated rings. The van der Waals surface area contributed by atoms with Crippen LogP contribution in [0.2, 0.25) is 0 Å². The van der Waals surface area contributed by atoms with Gasteiger partial charge in [0.1, 0.15) is 35.2 Å². The van der Waals surface area contributed by atoms with Crippen molar-refractivity contribution in [1.82, 2.24) is 24.7 Å². The number of ether oxygens (including phenoxy) is 2. The van der Waals surface area contributed by atoms with E-state index < -0.39 is 12.5 Å². The van der Waals surface area contributed by atoms with Gasteiger partial charge < -0.3 is 19.8 Å². The van der Waals surface area contributed by atoms with E-state index in [1.807, 2.05) is 6.07 Å². The summed E-state index contributed by atoms with van der Waals surface area (Å²) in [6, 6.07) is 2.51. The molecule has 11 heteroatoms. The third-order valence-electron chi connectivity index (χ3n) is 4.10. The molecule has 0 unspecified atom stereocenters. The molecule has 0 radical (unpaired) electrons. The van der Waals surface area contributed by atoms with Crippen LogP contribution in [0.4, 0.5) is 20.4 Å². The van der Waals surface area contributed by atoms with Gasteiger partial charge in [-0.3, -0.25) is 4.68 Å². The zero-order chi connectivity index (χ0) is 19.0. The fourth-order valence-corrected chi connectivity index (χ4v) is 2.47. The maximum atomic E-state index is 13.0. The molecule has 0 amide bonds. The number of aromatic nitrogens is 5. The second kappa shape index (κ2) is 6.81. The number of alkyl halides is 2. The van der Waals surface area contributed by atoms with Gasteiger partial charge in [-0.15, -0.1) is 5.10 Å². The molecule has 1 saturated heterocycles. The number of nitriles is 1. The van der Waals surface area contributed by atoms with Crippen molar-refractivity contribution in [3.05, 3.63) is 24.2 Å². The molecule has 3 aromatic heterocycles. The Morgan fingerprint density at radius 2 is 2.30 bits per heavy atom. The van der Waals surface area contributed by atoms with E-state index in [-0.39, 0.29) is 17.9 Å². The van der Waals surface area contributed by atoms with E-state index in [4.69, 9.17) is 14.7 Å². The second-order valence-corrected chi connectivity index (χ2v) is 6.10. The highest BCUT2D eigenvalue weighted by atomic mass is 19.3. The Hall–Kier alpha value is -3.26. The molecular formula is C16H15F2N7O2. The average molecular weight is 375 g/mol. The summed E-state index contributed by atoms with van der Waals surface area (Å²) >= 11 is 0. The Balaban J connectivity index is 1.63. The lowest BCUT2D eigenvalue weighted by atomic mass is 10.3. The number of fused-ring (bicyclic) bond motifs is 1. The van der Waals surface area contributed by atoms with Crippen molar-refractivity contribution in [2.24, 2.45) is 0 Å². The van der Waals surface area contributed by atoms with E-state index in [1.165, 1.54) is 13.1 Å². The number of rotatable bonds is 6. The topological polar surface area (TPSA) is 114 Å². The van der Waals surface area contributed by atoms with Gasteiger partial charge in [0.05, 0.1) is 19.4 Å². The van der Waals surface area contributed by atoms with Crippen molar-refractivity contribution in [2.75, 3.05) is 18.5 Å². The third kappa shape index (κ3) is 3.39. The average Bonchev–Trinajstić information content (AvgIpc) is 3.20. The molecule has 3 aromatic rings. The number of anilines is 2. The smallest absolute Gasteiger partial charge is 0.260 e. The highest BCUT2D eigenvalue weighted by Crippen LogP contribution is 2.30. The predicted molar refractivity (Wildman–Crippen MR) is 90.1 cm³/mol. The minimum atomic E-state index is -2.58. The summed E-state index contributed by atoms with van der Waals surface area (Å²) in [5.41, 5.74) is 1.21. The van der Waals surface area contributed by atoms with Crippen LogP contribution in [0.1, 0.15) is 18.7 Å². The quantitative estimate of drug-likeness (QED) is 0.680. The lowest BCUT2D eigenvalue weighted by molar-refractivity contribution is -0.0814. The first kappa shape index (κ1) is 17.2. The van der Waals surface area contributed by atoms with Crippen molar-refractivity contribution in [2.45, 2.75) is 25.5 Å². The van der Waals surface area contributed by atoms with Crippen molar-refractivity contribution in [3.63, 3.8) is 0 Å². The van der Waals surface area contributed by atoms with Gasteiger partial charge in [-0.05, 0) is 13.0 Å². The van der Waals surface area contributed by atoms with Gasteiger partial charge in [-0.1, -0.05) is 0 Å². The van der Waals surface area contributed by atoms with Crippen molar-refractivity contribution < 1.29 is 18.3 Å². The first-order valence-electron chi connectivity index (χ1n) is 8.18. The molecule has 0 aromatic carbocycles. The molecule has 0 saturated carbocycles. The zero-order valence-corrected chi connectivity index (χ0v) is 14.2. The highest BCUT2D eigenvalue weighted by Gasteiger charge is 2.26.